The number of rotatable bonds is 6. The van der Waals surface area contributed by atoms with E-state index in [2.05, 4.69) is 19.8 Å². The summed E-state index contributed by atoms with van der Waals surface area (Å²) in [5.74, 6) is 0.559. The molecule has 102 valence electrons. The van der Waals surface area contributed by atoms with Gasteiger partial charge in [-0.2, -0.15) is 0 Å². The Morgan fingerprint density at radius 3 is 2.89 bits per heavy atom. The van der Waals surface area contributed by atoms with Crippen LogP contribution in [0.5, 0.6) is 0 Å². The third-order valence-corrected chi connectivity index (χ3v) is 3.73. The topological polar surface area (TPSA) is 133 Å². The van der Waals surface area contributed by atoms with E-state index < -0.39 is 16.1 Å². The maximum atomic E-state index is 11.9. The summed E-state index contributed by atoms with van der Waals surface area (Å²) in [6.07, 6.45) is 2.00. The molecule has 1 aromatic rings. The Hall–Kier alpha value is -1.61. The minimum Gasteiger partial charge on any atom is -0.409 e. The van der Waals surface area contributed by atoms with Crippen molar-refractivity contribution in [2.75, 3.05) is 0 Å². The molecule has 0 aliphatic carbocycles. The summed E-state index contributed by atoms with van der Waals surface area (Å²) < 4.78 is 26.2. The van der Waals surface area contributed by atoms with Gasteiger partial charge in [-0.3, -0.25) is 0 Å². The molecule has 0 aromatic carbocycles. The van der Waals surface area contributed by atoms with Crippen LogP contribution in [-0.4, -0.2) is 35.5 Å². The number of nitrogens with two attached hydrogens (primary N) is 1. The smallest absolute Gasteiger partial charge is 0.257 e. The molecule has 5 N–H and O–H groups in total. The Kier molecular flexibility index (Phi) is 4.68. The molecule has 1 rings (SSSR count). The van der Waals surface area contributed by atoms with Gasteiger partial charge in [-0.05, 0) is 6.92 Å². The maximum absolute atomic E-state index is 11.9. The molecule has 0 saturated heterocycles. The number of oxime groups is 1. The molecular formula is C9H17N5O3S. The van der Waals surface area contributed by atoms with E-state index in [4.69, 9.17) is 10.9 Å². The van der Waals surface area contributed by atoms with Crippen LogP contribution in [0.4, 0.5) is 0 Å². The Morgan fingerprint density at radius 1 is 1.72 bits per heavy atom. The van der Waals surface area contributed by atoms with Crippen LogP contribution in [0.1, 0.15) is 26.1 Å². The highest BCUT2D eigenvalue weighted by Gasteiger charge is 2.20. The van der Waals surface area contributed by atoms with Crippen LogP contribution in [0, 0.1) is 0 Å². The first kappa shape index (κ1) is 14.5. The molecule has 0 spiro atoms. The summed E-state index contributed by atoms with van der Waals surface area (Å²) in [4.78, 5) is 6.63. The van der Waals surface area contributed by atoms with Gasteiger partial charge in [0.25, 0.3) is 10.0 Å². The lowest BCUT2D eigenvalue weighted by atomic mass is 10.2. The van der Waals surface area contributed by atoms with Gasteiger partial charge in [-0.1, -0.05) is 12.1 Å². The van der Waals surface area contributed by atoms with E-state index >= 15 is 0 Å². The number of amidine groups is 1. The first-order valence-electron chi connectivity index (χ1n) is 5.41. The molecule has 1 heterocycles. The predicted octanol–water partition coefficient (Wildman–Crippen LogP) is -0.225. The molecule has 9 heteroatoms. The monoisotopic (exact) mass is 275 g/mol. The zero-order valence-corrected chi connectivity index (χ0v) is 11.0. The van der Waals surface area contributed by atoms with Crippen LogP contribution < -0.4 is 10.5 Å². The standard InChI is InChI=1S/C9H17N5O3S/c1-3-8-11-5-9(12-8)18(16,17)14-6(2)4-7(10)13-15/h5-6,14-15H,3-4H2,1-2H3,(H2,10,13)(H,11,12). The number of hydrogen-bond donors (Lipinski definition) is 4. The molecular weight excluding hydrogens is 258 g/mol. The van der Waals surface area contributed by atoms with E-state index in [0.29, 0.717) is 12.2 Å². The second kappa shape index (κ2) is 5.83. The lowest BCUT2D eigenvalue weighted by Crippen LogP contribution is -2.36. The second-order valence-electron chi connectivity index (χ2n) is 3.87. The van der Waals surface area contributed by atoms with Crippen LogP contribution in [-0.2, 0) is 16.4 Å². The van der Waals surface area contributed by atoms with Crippen LogP contribution in [0.15, 0.2) is 16.4 Å². The highest BCUT2D eigenvalue weighted by molar-refractivity contribution is 7.89. The summed E-state index contributed by atoms with van der Waals surface area (Å²) in [7, 11) is -3.66. The first-order valence-corrected chi connectivity index (χ1v) is 6.90. The van der Waals surface area contributed by atoms with Gasteiger partial charge < -0.3 is 15.9 Å². The zero-order chi connectivity index (χ0) is 13.8. The lowest BCUT2D eigenvalue weighted by molar-refractivity contribution is 0.316. The highest BCUT2D eigenvalue weighted by Crippen LogP contribution is 2.07. The van der Waals surface area contributed by atoms with E-state index in [0.717, 1.165) is 0 Å². The van der Waals surface area contributed by atoms with Crippen molar-refractivity contribution in [2.24, 2.45) is 10.9 Å². The van der Waals surface area contributed by atoms with E-state index in [-0.39, 0.29) is 17.3 Å². The highest BCUT2D eigenvalue weighted by atomic mass is 32.2. The number of H-pyrrole nitrogens is 1. The predicted molar refractivity (Wildman–Crippen MR) is 65.8 cm³/mol. The molecule has 0 aliphatic rings. The van der Waals surface area contributed by atoms with Crippen molar-refractivity contribution in [3.63, 3.8) is 0 Å². The normalized spacial score (nSPS) is 14.7. The van der Waals surface area contributed by atoms with Crippen LogP contribution >= 0.6 is 0 Å². The number of hydrogen-bond acceptors (Lipinski definition) is 5. The number of nitrogens with one attached hydrogen (secondary N) is 2. The van der Waals surface area contributed by atoms with Crippen molar-refractivity contribution in [1.29, 1.82) is 0 Å². The molecule has 1 unspecified atom stereocenters. The van der Waals surface area contributed by atoms with Crippen molar-refractivity contribution in [2.45, 2.75) is 37.8 Å². The van der Waals surface area contributed by atoms with Gasteiger partial charge in [0.2, 0.25) is 0 Å². The summed E-state index contributed by atoms with van der Waals surface area (Å²) in [6.45, 7) is 3.48. The van der Waals surface area contributed by atoms with Gasteiger partial charge in [0.05, 0.1) is 6.20 Å². The third-order valence-electron chi connectivity index (χ3n) is 2.23. The average Bonchev–Trinajstić information content (AvgIpc) is 2.77. The summed E-state index contributed by atoms with van der Waals surface area (Å²) >= 11 is 0. The number of imidazole rings is 1. The molecule has 18 heavy (non-hydrogen) atoms. The average molecular weight is 275 g/mol. The van der Waals surface area contributed by atoms with Crippen LogP contribution in [0.3, 0.4) is 0 Å². The molecule has 0 aliphatic heterocycles. The van der Waals surface area contributed by atoms with Crippen LogP contribution in [0.25, 0.3) is 0 Å². The fourth-order valence-electron chi connectivity index (χ4n) is 1.38. The largest absolute Gasteiger partial charge is 0.409 e. The quantitative estimate of drug-likeness (QED) is 0.246. The molecule has 0 fully saturated rings. The van der Waals surface area contributed by atoms with Crippen molar-refractivity contribution in [1.82, 2.24) is 14.7 Å². The van der Waals surface area contributed by atoms with E-state index in [1.807, 2.05) is 6.92 Å². The number of aryl methyl sites for hydroxylation is 1. The van der Waals surface area contributed by atoms with Gasteiger partial charge in [0.1, 0.15) is 11.7 Å². The Morgan fingerprint density at radius 2 is 2.39 bits per heavy atom. The van der Waals surface area contributed by atoms with Gasteiger partial charge in [0, 0.05) is 18.9 Å². The first-order chi connectivity index (χ1) is 8.39. The van der Waals surface area contributed by atoms with E-state index in [9.17, 15) is 8.42 Å². The van der Waals surface area contributed by atoms with Crippen molar-refractivity contribution < 1.29 is 13.6 Å². The Bertz CT molecular complexity index is 522. The van der Waals surface area contributed by atoms with Crippen LogP contribution in [0.2, 0.25) is 0 Å². The Balaban J connectivity index is 2.76. The maximum Gasteiger partial charge on any atom is 0.257 e. The molecule has 0 radical (unpaired) electrons. The SMILES string of the molecule is CCc1ncc(S(=O)(=O)NC(C)CC(N)=NO)[nH]1. The van der Waals surface area contributed by atoms with Gasteiger partial charge in [0.15, 0.2) is 5.03 Å². The van der Waals surface area contributed by atoms with Gasteiger partial charge in [-0.15, -0.1) is 0 Å². The molecule has 1 atom stereocenters. The number of aromatic amines is 1. The molecule has 0 saturated carbocycles. The minimum atomic E-state index is -3.66. The van der Waals surface area contributed by atoms with Crippen molar-refractivity contribution >= 4 is 15.9 Å². The number of sulfonamides is 1. The Labute approximate surface area is 105 Å². The zero-order valence-electron chi connectivity index (χ0n) is 10.2. The van der Waals surface area contributed by atoms with Gasteiger partial charge in [-0.25, -0.2) is 18.1 Å². The molecule has 0 amide bonds. The molecule has 1 aromatic heterocycles. The fraction of sp³-hybridized carbons (Fsp3) is 0.556. The summed E-state index contributed by atoms with van der Waals surface area (Å²) in [5, 5.41) is 11.2. The minimum absolute atomic E-state index is 0.00529. The summed E-state index contributed by atoms with van der Waals surface area (Å²) in [6, 6.07) is -0.487. The molecule has 0 bridgehead atoms. The summed E-state index contributed by atoms with van der Waals surface area (Å²) in [5.41, 5.74) is 5.30. The van der Waals surface area contributed by atoms with E-state index in [1.165, 1.54) is 6.20 Å². The number of nitrogens with zero attached hydrogens (tertiary/aromatic N) is 2. The van der Waals surface area contributed by atoms with Crippen molar-refractivity contribution in [3.05, 3.63) is 12.0 Å². The van der Waals surface area contributed by atoms with Crippen molar-refractivity contribution in [3.8, 4) is 0 Å². The third kappa shape index (κ3) is 3.70. The van der Waals surface area contributed by atoms with Gasteiger partial charge >= 0.3 is 0 Å². The lowest BCUT2D eigenvalue weighted by Gasteiger charge is -2.12. The van der Waals surface area contributed by atoms with E-state index in [1.54, 1.807) is 6.92 Å². The fourth-order valence-corrected chi connectivity index (χ4v) is 2.57. The number of aromatic nitrogens is 2. The molecule has 8 nitrogen and oxygen atoms in total. The second-order valence-corrected chi connectivity index (χ2v) is 5.55.